The Bertz CT molecular complexity index is 1120. The summed E-state index contributed by atoms with van der Waals surface area (Å²) in [4.78, 5) is 18.7. The summed E-state index contributed by atoms with van der Waals surface area (Å²) < 4.78 is 23.0. The van der Waals surface area contributed by atoms with Crippen LogP contribution in [0.1, 0.15) is 24.4 Å². The van der Waals surface area contributed by atoms with E-state index in [2.05, 4.69) is 34.6 Å². The van der Waals surface area contributed by atoms with E-state index in [9.17, 15) is 13.2 Å². The third kappa shape index (κ3) is 3.57. The molecule has 1 unspecified atom stereocenters. The predicted molar refractivity (Wildman–Crippen MR) is 109 cm³/mol. The van der Waals surface area contributed by atoms with Crippen LogP contribution in [0.25, 0.3) is 10.8 Å². The zero-order chi connectivity index (χ0) is 19.7. The van der Waals surface area contributed by atoms with Crippen LogP contribution in [-0.4, -0.2) is 37.1 Å². The third-order valence-corrected chi connectivity index (χ3v) is 6.06. The highest BCUT2D eigenvalue weighted by atomic mass is 32.2. The molecule has 1 aromatic heterocycles. The number of sulfone groups is 1. The van der Waals surface area contributed by atoms with Crippen LogP contribution in [0, 0.1) is 0 Å². The van der Waals surface area contributed by atoms with Gasteiger partial charge < -0.3 is 10.2 Å². The number of nitrogens with zero attached hydrogens (tertiary/aromatic N) is 2. The number of pyridine rings is 1. The quantitative estimate of drug-likeness (QED) is 0.727. The summed E-state index contributed by atoms with van der Waals surface area (Å²) in [5, 5.41) is 5.15. The number of carbonyl (C=O) groups is 1. The maximum absolute atomic E-state index is 12.9. The van der Waals surface area contributed by atoms with Gasteiger partial charge in [0.1, 0.15) is 0 Å². The molecule has 0 saturated carbocycles. The molecule has 2 aromatic carbocycles. The smallest absolute Gasteiger partial charge is 0.317 e. The number of fused-ring (bicyclic) bond motifs is 1. The van der Waals surface area contributed by atoms with Gasteiger partial charge in [-0.25, -0.2) is 18.2 Å². The molecule has 1 fully saturated rings. The Morgan fingerprint density at radius 3 is 2.64 bits per heavy atom. The summed E-state index contributed by atoms with van der Waals surface area (Å²) in [7, 11) is -3.36. The van der Waals surface area contributed by atoms with Gasteiger partial charge in [-0.3, -0.25) is 0 Å². The van der Waals surface area contributed by atoms with Crippen LogP contribution in [-0.2, 0) is 9.84 Å². The van der Waals surface area contributed by atoms with Crippen LogP contribution >= 0.6 is 0 Å². The molecule has 1 N–H and O–H groups in total. The van der Waals surface area contributed by atoms with Gasteiger partial charge in [-0.15, -0.1) is 0 Å². The number of anilines is 1. The van der Waals surface area contributed by atoms with E-state index in [1.165, 1.54) is 12.3 Å². The molecule has 1 atom stereocenters. The molecule has 0 radical (unpaired) electrons. The number of hydrogen-bond acceptors (Lipinski definition) is 4. The number of rotatable bonds is 3. The topological polar surface area (TPSA) is 79.4 Å². The van der Waals surface area contributed by atoms with E-state index in [0.29, 0.717) is 12.2 Å². The Hall–Kier alpha value is -2.93. The van der Waals surface area contributed by atoms with Gasteiger partial charge in [0, 0.05) is 12.8 Å². The van der Waals surface area contributed by atoms with Crippen molar-refractivity contribution in [3.05, 3.63) is 66.4 Å². The lowest BCUT2D eigenvalue weighted by Gasteiger charge is -2.26. The van der Waals surface area contributed by atoms with Gasteiger partial charge in [0.05, 0.1) is 17.9 Å². The molecule has 0 bridgehead atoms. The number of benzene rings is 2. The molecule has 7 heteroatoms. The van der Waals surface area contributed by atoms with E-state index in [0.717, 1.165) is 35.4 Å². The lowest BCUT2D eigenvalue weighted by atomic mass is 9.97. The van der Waals surface area contributed by atoms with E-state index in [-0.39, 0.29) is 17.1 Å². The minimum atomic E-state index is -3.36. The van der Waals surface area contributed by atoms with Gasteiger partial charge in [0.15, 0.2) is 14.9 Å². The van der Waals surface area contributed by atoms with Crippen molar-refractivity contribution in [3.63, 3.8) is 0 Å². The Morgan fingerprint density at radius 1 is 1.11 bits per heavy atom. The molecule has 1 saturated heterocycles. The van der Waals surface area contributed by atoms with Crippen LogP contribution in [0.2, 0.25) is 0 Å². The molecule has 2 amide bonds. The summed E-state index contributed by atoms with van der Waals surface area (Å²) in [6.45, 7) is 0.675. The van der Waals surface area contributed by atoms with Crippen molar-refractivity contribution in [1.82, 2.24) is 9.88 Å². The highest BCUT2D eigenvalue weighted by Crippen LogP contribution is 2.36. The lowest BCUT2D eigenvalue weighted by Crippen LogP contribution is -2.34. The predicted octanol–water partition coefficient (Wildman–Crippen LogP) is 4.01. The van der Waals surface area contributed by atoms with Gasteiger partial charge >= 0.3 is 6.03 Å². The van der Waals surface area contributed by atoms with Gasteiger partial charge in [0.2, 0.25) is 0 Å². The zero-order valence-corrected chi connectivity index (χ0v) is 16.3. The minimum Gasteiger partial charge on any atom is -0.317 e. The average Bonchev–Trinajstić information content (AvgIpc) is 3.17. The van der Waals surface area contributed by atoms with E-state index in [1.54, 1.807) is 6.07 Å². The summed E-state index contributed by atoms with van der Waals surface area (Å²) in [6.07, 6.45) is 4.32. The van der Waals surface area contributed by atoms with Crippen LogP contribution < -0.4 is 5.32 Å². The first kappa shape index (κ1) is 18.4. The summed E-state index contributed by atoms with van der Waals surface area (Å²) >= 11 is 0. The normalized spacial score (nSPS) is 17.0. The second kappa shape index (κ2) is 7.24. The lowest BCUT2D eigenvalue weighted by molar-refractivity contribution is 0.207. The maximum atomic E-state index is 12.9. The molecule has 1 aliphatic rings. The summed E-state index contributed by atoms with van der Waals surface area (Å²) in [5.74, 6) is 0. The fourth-order valence-electron chi connectivity index (χ4n) is 3.74. The van der Waals surface area contributed by atoms with E-state index < -0.39 is 9.84 Å². The highest BCUT2D eigenvalue weighted by molar-refractivity contribution is 7.90. The monoisotopic (exact) mass is 395 g/mol. The van der Waals surface area contributed by atoms with Crippen molar-refractivity contribution in [2.45, 2.75) is 23.9 Å². The standard InChI is InChI=1S/C21H21N3O3S/c1-28(26,27)20-12-11-16(14-22-20)23-21(25)24-13-5-10-19(24)18-9-4-7-15-6-2-3-8-17(15)18/h2-4,6-9,11-12,14,19H,5,10,13H2,1H3,(H,23,25). The van der Waals surface area contributed by atoms with Gasteiger partial charge in [-0.1, -0.05) is 42.5 Å². The first-order valence-corrected chi connectivity index (χ1v) is 11.0. The summed E-state index contributed by atoms with van der Waals surface area (Å²) in [6, 6.07) is 17.1. The fraction of sp³-hybridized carbons (Fsp3) is 0.238. The third-order valence-electron chi connectivity index (χ3n) is 5.06. The molecule has 1 aliphatic heterocycles. The number of hydrogen-bond donors (Lipinski definition) is 1. The van der Waals surface area contributed by atoms with Crippen molar-refractivity contribution < 1.29 is 13.2 Å². The van der Waals surface area contributed by atoms with Crippen molar-refractivity contribution in [3.8, 4) is 0 Å². The molecule has 4 rings (SSSR count). The molecule has 28 heavy (non-hydrogen) atoms. The van der Waals surface area contributed by atoms with Gasteiger partial charge in [0.25, 0.3) is 0 Å². The second-order valence-corrected chi connectivity index (χ2v) is 8.97. The molecule has 0 spiro atoms. The van der Waals surface area contributed by atoms with Crippen LogP contribution in [0.3, 0.4) is 0 Å². The van der Waals surface area contributed by atoms with Crippen molar-refractivity contribution in [2.75, 3.05) is 18.1 Å². The van der Waals surface area contributed by atoms with Crippen molar-refractivity contribution in [1.29, 1.82) is 0 Å². The first-order valence-electron chi connectivity index (χ1n) is 9.15. The Labute approximate surface area is 164 Å². The molecular formula is C21H21N3O3S. The maximum Gasteiger partial charge on any atom is 0.322 e. The Morgan fingerprint density at radius 2 is 1.89 bits per heavy atom. The number of aromatic nitrogens is 1. The highest BCUT2D eigenvalue weighted by Gasteiger charge is 2.31. The SMILES string of the molecule is CS(=O)(=O)c1ccc(NC(=O)N2CCCC2c2cccc3ccccc23)cn1. The van der Waals surface area contributed by atoms with Crippen LogP contribution in [0.4, 0.5) is 10.5 Å². The van der Waals surface area contributed by atoms with E-state index in [1.807, 2.05) is 23.1 Å². The number of likely N-dealkylation sites (tertiary alicyclic amines) is 1. The second-order valence-electron chi connectivity index (χ2n) is 7.01. The van der Waals surface area contributed by atoms with Gasteiger partial charge in [-0.2, -0.15) is 0 Å². The molecule has 2 heterocycles. The number of urea groups is 1. The molecule has 144 valence electrons. The molecule has 6 nitrogen and oxygen atoms in total. The average molecular weight is 395 g/mol. The fourth-order valence-corrected chi connectivity index (χ4v) is 4.30. The number of carbonyl (C=O) groups excluding carboxylic acids is 1. The molecular weight excluding hydrogens is 374 g/mol. The number of nitrogens with one attached hydrogen (secondary N) is 1. The van der Waals surface area contributed by atoms with E-state index in [4.69, 9.17) is 0 Å². The largest absolute Gasteiger partial charge is 0.322 e. The van der Waals surface area contributed by atoms with Crippen LogP contribution in [0.15, 0.2) is 65.8 Å². The molecule has 0 aliphatic carbocycles. The zero-order valence-electron chi connectivity index (χ0n) is 15.5. The van der Waals surface area contributed by atoms with Crippen LogP contribution in [0.5, 0.6) is 0 Å². The minimum absolute atomic E-state index is 0.00866. The number of amides is 2. The van der Waals surface area contributed by atoms with Crippen molar-refractivity contribution >= 4 is 32.3 Å². The van der Waals surface area contributed by atoms with Crippen molar-refractivity contribution in [2.24, 2.45) is 0 Å². The summed E-state index contributed by atoms with van der Waals surface area (Å²) in [5.41, 5.74) is 1.62. The first-order chi connectivity index (χ1) is 13.4. The molecule has 3 aromatic rings. The van der Waals surface area contributed by atoms with E-state index >= 15 is 0 Å². The van der Waals surface area contributed by atoms with Gasteiger partial charge in [-0.05, 0) is 41.3 Å². The Balaban J connectivity index is 1.57. The Kier molecular flexibility index (Phi) is 4.77.